The smallest absolute Gasteiger partial charge is 0.324 e. The van der Waals surface area contributed by atoms with Crippen LogP contribution in [0.4, 0.5) is 10.5 Å². The van der Waals surface area contributed by atoms with Crippen LogP contribution in [0.2, 0.25) is 0 Å². The quantitative estimate of drug-likeness (QED) is 0.706. The summed E-state index contributed by atoms with van der Waals surface area (Å²) in [5.74, 6) is -1.25. The van der Waals surface area contributed by atoms with E-state index >= 15 is 0 Å². The lowest BCUT2D eigenvalue weighted by Crippen LogP contribution is -2.48. The molecule has 0 aromatic heterocycles. The fraction of sp³-hybridized carbons (Fsp3) is 0.375. The maximum absolute atomic E-state index is 12.4. The SMILES string of the molecule is CCC1(C)NC(=O)N(NC(=O)c2ccc3c(c2)NC(=O)C(C)S3)C1=O. The number of thioether (sulfide) groups is 1. The lowest BCUT2D eigenvalue weighted by atomic mass is 10.00. The van der Waals surface area contributed by atoms with E-state index in [1.807, 2.05) is 0 Å². The maximum Gasteiger partial charge on any atom is 0.344 e. The normalized spacial score (nSPS) is 25.3. The molecule has 1 aromatic rings. The van der Waals surface area contributed by atoms with Crippen LogP contribution in [0.25, 0.3) is 0 Å². The van der Waals surface area contributed by atoms with E-state index in [1.54, 1.807) is 32.9 Å². The third kappa shape index (κ3) is 2.95. The zero-order valence-electron chi connectivity index (χ0n) is 14.0. The van der Waals surface area contributed by atoms with Crippen molar-refractivity contribution in [1.82, 2.24) is 15.8 Å². The predicted molar refractivity (Wildman–Crippen MR) is 91.9 cm³/mol. The van der Waals surface area contributed by atoms with Gasteiger partial charge in [0, 0.05) is 10.5 Å². The minimum absolute atomic E-state index is 0.136. The minimum atomic E-state index is -1.03. The topological polar surface area (TPSA) is 108 Å². The van der Waals surface area contributed by atoms with E-state index in [1.165, 1.54) is 17.8 Å². The van der Waals surface area contributed by atoms with Crippen molar-refractivity contribution in [3.05, 3.63) is 23.8 Å². The first-order valence-electron chi connectivity index (χ1n) is 7.84. The second kappa shape index (κ2) is 6.07. The van der Waals surface area contributed by atoms with E-state index in [2.05, 4.69) is 16.1 Å². The molecule has 0 bridgehead atoms. The van der Waals surface area contributed by atoms with Crippen LogP contribution >= 0.6 is 11.8 Å². The Morgan fingerprint density at radius 3 is 2.72 bits per heavy atom. The van der Waals surface area contributed by atoms with Gasteiger partial charge in [-0.25, -0.2) is 4.79 Å². The summed E-state index contributed by atoms with van der Waals surface area (Å²) in [6.45, 7) is 5.17. The van der Waals surface area contributed by atoms with Crippen LogP contribution in [0.3, 0.4) is 0 Å². The van der Waals surface area contributed by atoms with Gasteiger partial charge in [-0.3, -0.25) is 19.8 Å². The molecule has 25 heavy (non-hydrogen) atoms. The lowest BCUT2D eigenvalue weighted by Gasteiger charge is -2.22. The van der Waals surface area contributed by atoms with Crippen LogP contribution in [0.1, 0.15) is 37.6 Å². The number of benzene rings is 1. The fourth-order valence-corrected chi connectivity index (χ4v) is 3.47. The number of imide groups is 1. The number of fused-ring (bicyclic) bond motifs is 1. The number of nitrogens with zero attached hydrogens (tertiary/aromatic N) is 1. The summed E-state index contributed by atoms with van der Waals surface area (Å²) < 4.78 is 0. The third-order valence-corrected chi connectivity index (χ3v) is 5.53. The van der Waals surface area contributed by atoms with E-state index in [9.17, 15) is 19.2 Å². The standard InChI is InChI=1S/C16H18N4O4S/c1-4-16(3)14(23)20(15(24)18-16)19-13(22)9-5-6-11-10(7-9)17-12(21)8(2)25-11/h5-8H,4H2,1-3H3,(H,17,21)(H,18,24)(H,19,22). The molecule has 2 unspecified atom stereocenters. The van der Waals surface area contributed by atoms with Crippen molar-refractivity contribution in [2.24, 2.45) is 0 Å². The number of hydrogen-bond acceptors (Lipinski definition) is 5. The van der Waals surface area contributed by atoms with Crippen molar-refractivity contribution < 1.29 is 19.2 Å². The van der Waals surface area contributed by atoms with Gasteiger partial charge in [-0.2, -0.15) is 5.01 Å². The average molecular weight is 362 g/mol. The van der Waals surface area contributed by atoms with Gasteiger partial charge in [-0.15, -0.1) is 11.8 Å². The fourth-order valence-electron chi connectivity index (χ4n) is 2.54. The van der Waals surface area contributed by atoms with E-state index in [0.29, 0.717) is 17.1 Å². The molecule has 0 spiro atoms. The maximum atomic E-state index is 12.4. The summed E-state index contributed by atoms with van der Waals surface area (Å²) in [7, 11) is 0. The molecule has 0 saturated carbocycles. The van der Waals surface area contributed by atoms with Gasteiger partial charge in [-0.1, -0.05) is 6.92 Å². The Bertz CT molecular complexity index is 796. The molecule has 8 nitrogen and oxygen atoms in total. The van der Waals surface area contributed by atoms with Crippen LogP contribution in [0, 0.1) is 0 Å². The average Bonchev–Trinajstić information content (AvgIpc) is 2.79. The molecule has 1 aromatic carbocycles. The highest BCUT2D eigenvalue weighted by Gasteiger charge is 2.47. The Balaban J connectivity index is 1.79. The van der Waals surface area contributed by atoms with E-state index < -0.39 is 23.4 Å². The molecule has 1 fully saturated rings. The van der Waals surface area contributed by atoms with Crippen LogP contribution in [0.15, 0.2) is 23.1 Å². The molecule has 2 aliphatic rings. The number of urea groups is 1. The predicted octanol–water partition coefficient (Wildman–Crippen LogP) is 1.48. The van der Waals surface area contributed by atoms with Gasteiger partial charge in [0.25, 0.3) is 11.8 Å². The van der Waals surface area contributed by atoms with E-state index in [0.717, 1.165) is 4.90 Å². The van der Waals surface area contributed by atoms with Crippen molar-refractivity contribution in [2.75, 3.05) is 5.32 Å². The summed E-state index contributed by atoms with van der Waals surface area (Å²) >= 11 is 1.40. The first-order chi connectivity index (χ1) is 11.7. The summed E-state index contributed by atoms with van der Waals surface area (Å²) in [6, 6.07) is 4.17. The molecular formula is C16H18N4O4S. The Labute approximate surface area is 148 Å². The zero-order chi connectivity index (χ0) is 18.4. The summed E-state index contributed by atoms with van der Waals surface area (Å²) in [5, 5.41) is 5.79. The monoisotopic (exact) mass is 362 g/mol. The molecule has 3 rings (SSSR count). The van der Waals surface area contributed by atoms with Crippen LogP contribution in [-0.4, -0.2) is 39.6 Å². The molecule has 2 heterocycles. The second-order valence-corrected chi connectivity index (χ2v) is 7.54. The minimum Gasteiger partial charge on any atom is -0.324 e. The number of hydrazine groups is 1. The molecule has 2 aliphatic heterocycles. The van der Waals surface area contributed by atoms with Crippen molar-refractivity contribution in [1.29, 1.82) is 0 Å². The Morgan fingerprint density at radius 2 is 2.08 bits per heavy atom. The highest BCUT2D eigenvalue weighted by molar-refractivity contribution is 8.00. The molecule has 3 N–H and O–H groups in total. The van der Waals surface area contributed by atoms with E-state index in [-0.39, 0.29) is 16.7 Å². The van der Waals surface area contributed by atoms with Gasteiger partial charge in [-0.05, 0) is 38.5 Å². The second-order valence-electron chi connectivity index (χ2n) is 6.16. The zero-order valence-corrected chi connectivity index (χ0v) is 14.8. The molecular weight excluding hydrogens is 344 g/mol. The Kier molecular flexibility index (Phi) is 4.19. The number of amides is 5. The molecule has 2 atom stereocenters. The van der Waals surface area contributed by atoms with Gasteiger partial charge >= 0.3 is 6.03 Å². The third-order valence-electron chi connectivity index (χ3n) is 4.35. The van der Waals surface area contributed by atoms with Crippen LogP contribution < -0.4 is 16.1 Å². The number of rotatable bonds is 3. The van der Waals surface area contributed by atoms with E-state index in [4.69, 9.17) is 0 Å². The van der Waals surface area contributed by atoms with Gasteiger partial charge < -0.3 is 10.6 Å². The number of nitrogens with one attached hydrogen (secondary N) is 3. The lowest BCUT2D eigenvalue weighted by molar-refractivity contribution is -0.132. The summed E-state index contributed by atoms with van der Waals surface area (Å²) in [6.07, 6.45) is 0.407. The van der Waals surface area contributed by atoms with Gasteiger partial charge in [0.05, 0.1) is 10.9 Å². The Hall–Kier alpha value is -2.55. The van der Waals surface area contributed by atoms with Gasteiger partial charge in [0.2, 0.25) is 5.91 Å². The first kappa shape index (κ1) is 17.3. The van der Waals surface area contributed by atoms with Crippen LogP contribution in [-0.2, 0) is 9.59 Å². The number of carbonyl (C=O) groups excluding carboxylic acids is 4. The largest absolute Gasteiger partial charge is 0.344 e. The molecule has 0 aliphatic carbocycles. The Morgan fingerprint density at radius 1 is 1.36 bits per heavy atom. The molecule has 5 amide bonds. The van der Waals surface area contributed by atoms with Crippen LogP contribution in [0.5, 0.6) is 0 Å². The van der Waals surface area contributed by atoms with Crippen molar-refractivity contribution in [3.63, 3.8) is 0 Å². The van der Waals surface area contributed by atoms with Crippen molar-refractivity contribution in [3.8, 4) is 0 Å². The number of anilines is 1. The first-order valence-corrected chi connectivity index (χ1v) is 8.72. The van der Waals surface area contributed by atoms with Gasteiger partial charge in [0.1, 0.15) is 5.54 Å². The highest BCUT2D eigenvalue weighted by atomic mass is 32.2. The van der Waals surface area contributed by atoms with Crippen molar-refractivity contribution >= 4 is 41.2 Å². The highest BCUT2D eigenvalue weighted by Crippen LogP contribution is 2.35. The number of carbonyl (C=O) groups is 4. The summed E-state index contributed by atoms with van der Waals surface area (Å²) in [5.41, 5.74) is 2.07. The molecule has 0 radical (unpaired) electrons. The van der Waals surface area contributed by atoms with Crippen molar-refractivity contribution in [2.45, 2.75) is 42.9 Å². The molecule has 9 heteroatoms. The molecule has 1 saturated heterocycles. The van der Waals surface area contributed by atoms with Gasteiger partial charge in [0.15, 0.2) is 0 Å². The summed E-state index contributed by atoms with van der Waals surface area (Å²) in [4.78, 5) is 49.3. The number of hydrogen-bond donors (Lipinski definition) is 3. The molecule has 132 valence electrons.